The van der Waals surface area contributed by atoms with Crippen LogP contribution >= 0.6 is 22.6 Å². The molecule has 96 valence electrons. The van der Waals surface area contributed by atoms with Crippen molar-refractivity contribution in [1.29, 1.82) is 0 Å². The number of hydrogen-bond acceptors (Lipinski definition) is 2. The number of unbranched alkanes of at least 4 members (excludes halogenated alkanes) is 1. The lowest BCUT2D eigenvalue weighted by Crippen LogP contribution is -2.12. The summed E-state index contributed by atoms with van der Waals surface area (Å²) in [6, 6.07) is 0. The lowest BCUT2D eigenvalue weighted by Gasteiger charge is -2.11. The van der Waals surface area contributed by atoms with Crippen molar-refractivity contribution in [2.45, 2.75) is 58.0 Å². The highest BCUT2D eigenvalue weighted by Gasteiger charge is 2.24. The molecule has 1 aromatic rings. The van der Waals surface area contributed by atoms with E-state index in [2.05, 4.69) is 29.5 Å². The molecular weight excluding hydrogens is 327 g/mol. The van der Waals surface area contributed by atoms with E-state index in [1.54, 1.807) is 0 Å². The number of aryl methyl sites for hydroxylation is 2. The minimum Gasteiger partial charge on any atom is -0.465 e. The van der Waals surface area contributed by atoms with Crippen LogP contribution in [0.3, 0.4) is 0 Å². The second-order valence-corrected chi connectivity index (χ2v) is 5.88. The summed E-state index contributed by atoms with van der Waals surface area (Å²) in [7, 11) is 1.82. The van der Waals surface area contributed by atoms with Crippen LogP contribution < -0.4 is 0 Å². The second kappa shape index (κ2) is 6.23. The first-order valence-electron chi connectivity index (χ1n) is 6.58. The minimum absolute atomic E-state index is 0.376. The van der Waals surface area contributed by atoms with Crippen molar-refractivity contribution in [2.75, 3.05) is 7.11 Å². The Morgan fingerprint density at radius 1 is 1.47 bits per heavy atom. The molecule has 0 N–H and O–H groups in total. The molecule has 0 aromatic carbocycles. The molecule has 2 rings (SSSR count). The zero-order valence-corrected chi connectivity index (χ0v) is 12.9. The fourth-order valence-electron chi connectivity index (χ4n) is 2.47. The zero-order valence-electron chi connectivity index (χ0n) is 10.7. The molecule has 2 nitrogen and oxygen atoms in total. The minimum atomic E-state index is 0.376. The summed E-state index contributed by atoms with van der Waals surface area (Å²) in [5, 5.41) is 0. The van der Waals surface area contributed by atoms with Crippen molar-refractivity contribution in [1.82, 2.24) is 0 Å². The van der Waals surface area contributed by atoms with E-state index in [9.17, 15) is 0 Å². The van der Waals surface area contributed by atoms with Crippen LogP contribution in [0.15, 0.2) is 4.42 Å². The van der Waals surface area contributed by atoms with E-state index < -0.39 is 0 Å². The van der Waals surface area contributed by atoms with Crippen LogP contribution in [0.4, 0.5) is 0 Å². The van der Waals surface area contributed by atoms with E-state index in [0.717, 1.165) is 25.7 Å². The lowest BCUT2D eigenvalue weighted by atomic mass is 10.1. The fourth-order valence-corrected chi connectivity index (χ4v) is 3.37. The van der Waals surface area contributed by atoms with Crippen LogP contribution in [0.2, 0.25) is 0 Å². The van der Waals surface area contributed by atoms with Gasteiger partial charge in [0.2, 0.25) is 0 Å². The van der Waals surface area contributed by atoms with Gasteiger partial charge in [0.15, 0.2) is 0 Å². The molecule has 0 fully saturated rings. The zero-order chi connectivity index (χ0) is 12.3. The molecule has 0 bridgehead atoms. The standard InChI is InChI=1S/C14H21IO2/c1-3-4-7-13-14(15)11-9-10(16-2)6-5-8-12(11)17-13/h10H,3-9H2,1-2H3. The number of hydrogen-bond donors (Lipinski definition) is 0. The van der Waals surface area contributed by atoms with Crippen LogP contribution in [0.5, 0.6) is 0 Å². The summed E-state index contributed by atoms with van der Waals surface area (Å²) in [6.07, 6.45) is 8.35. The topological polar surface area (TPSA) is 22.4 Å². The van der Waals surface area contributed by atoms with Crippen LogP contribution in [-0.2, 0) is 24.0 Å². The summed E-state index contributed by atoms with van der Waals surface area (Å²) in [6.45, 7) is 2.22. The van der Waals surface area contributed by atoms with Gasteiger partial charge in [-0.3, -0.25) is 0 Å². The molecule has 0 radical (unpaired) electrons. The number of rotatable bonds is 4. The summed E-state index contributed by atoms with van der Waals surface area (Å²) in [4.78, 5) is 0. The van der Waals surface area contributed by atoms with Gasteiger partial charge in [-0.25, -0.2) is 0 Å². The molecule has 3 heteroatoms. The molecule has 1 unspecified atom stereocenters. The van der Waals surface area contributed by atoms with Crippen molar-refractivity contribution in [3.63, 3.8) is 0 Å². The van der Waals surface area contributed by atoms with Crippen LogP contribution in [0.25, 0.3) is 0 Å². The summed E-state index contributed by atoms with van der Waals surface area (Å²) < 4.78 is 12.9. The molecule has 1 aromatic heterocycles. The van der Waals surface area contributed by atoms with Crippen LogP contribution in [0, 0.1) is 3.57 Å². The van der Waals surface area contributed by atoms with Crippen molar-refractivity contribution in [2.24, 2.45) is 0 Å². The third kappa shape index (κ3) is 3.05. The van der Waals surface area contributed by atoms with E-state index in [-0.39, 0.29) is 0 Å². The van der Waals surface area contributed by atoms with Gasteiger partial charge in [0.05, 0.1) is 9.67 Å². The number of methoxy groups -OCH3 is 1. The molecule has 17 heavy (non-hydrogen) atoms. The highest BCUT2D eigenvalue weighted by Crippen LogP contribution is 2.31. The van der Waals surface area contributed by atoms with Gasteiger partial charge in [-0.15, -0.1) is 0 Å². The molecule has 0 saturated heterocycles. The first kappa shape index (κ1) is 13.4. The van der Waals surface area contributed by atoms with Gasteiger partial charge >= 0.3 is 0 Å². The number of fused-ring (bicyclic) bond motifs is 1. The summed E-state index contributed by atoms with van der Waals surface area (Å²) >= 11 is 2.45. The second-order valence-electron chi connectivity index (χ2n) is 4.80. The van der Waals surface area contributed by atoms with Gasteiger partial charge in [0, 0.05) is 31.9 Å². The number of halogens is 1. The third-order valence-electron chi connectivity index (χ3n) is 3.55. The third-order valence-corrected chi connectivity index (χ3v) is 4.80. The van der Waals surface area contributed by atoms with Crippen LogP contribution in [0.1, 0.15) is 49.7 Å². The summed E-state index contributed by atoms with van der Waals surface area (Å²) in [5.41, 5.74) is 1.42. The lowest BCUT2D eigenvalue weighted by molar-refractivity contribution is 0.0959. The van der Waals surface area contributed by atoms with E-state index in [1.165, 1.54) is 39.9 Å². The highest BCUT2D eigenvalue weighted by atomic mass is 127. The summed E-state index contributed by atoms with van der Waals surface area (Å²) in [5.74, 6) is 2.43. The molecule has 0 spiro atoms. The molecule has 1 atom stereocenters. The normalized spacial score (nSPS) is 20.1. The smallest absolute Gasteiger partial charge is 0.117 e. The molecule has 1 aliphatic carbocycles. The van der Waals surface area contributed by atoms with Crippen molar-refractivity contribution in [3.8, 4) is 0 Å². The first-order chi connectivity index (χ1) is 8.26. The van der Waals surface area contributed by atoms with Gasteiger partial charge in [-0.05, 0) is 41.9 Å². The Kier molecular flexibility index (Phi) is 4.91. The van der Waals surface area contributed by atoms with E-state index in [4.69, 9.17) is 9.15 Å². The Labute approximate surface area is 117 Å². The van der Waals surface area contributed by atoms with Gasteiger partial charge in [-0.2, -0.15) is 0 Å². The maximum Gasteiger partial charge on any atom is 0.117 e. The molecule has 0 amide bonds. The molecule has 1 aliphatic rings. The predicted molar refractivity (Wildman–Crippen MR) is 77.5 cm³/mol. The Morgan fingerprint density at radius 2 is 2.29 bits per heavy atom. The quantitative estimate of drug-likeness (QED) is 0.603. The Morgan fingerprint density at radius 3 is 3.00 bits per heavy atom. The Bertz CT molecular complexity index is 371. The van der Waals surface area contributed by atoms with Crippen molar-refractivity contribution >= 4 is 22.6 Å². The van der Waals surface area contributed by atoms with E-state index >= 15 is 0 Å². The highest BCUT2D eigenvalue weighted by molar-refractivity contribution is 14.1. The largest absolute Gasteiger partial charge is 0.465 e. The van der Waals surface area contributed by atoms with Crippen molar-refractivity contribution < 1.29 is 9.15 Å². The average molecular weight is 348 g/mol. The monoisotopic (exact) mass is 348 g/mol. The number of furan rings is 1. The first-order valence-corrected chi connectivity index (χ1v) is 7.65. The average Bonchev–Trinajstić information content (AvgIpc) is 2.54. The maximum absolute atomic E-state index is 6.05. The van der Waals surface area contributed by atoms with Crippen LogP contribution in [-0.4, -0.2) is 13.2 Å². The predicted octanol–water partition coefficient (Wildman–Crippen LogP) is 4.12. The SMILES string of the molecule is CCCCc1oc2c(c1I)CC(OC)CCC2. The fraction of sp³-hybridized carbons (Fsp3) is 0.714. The van der Waals surface area contributed by atoms with Crippen molar-refractivity contribution in [3.05, 3.63) is 20.7 Å². The molecular formula is C14H21IO2. The van der Waals surface area contributed by atoms with Gasteiger partial charge < -0.3 is 9.15 Å². The number of ether oxygens (including phenoxy) is 1. The van der Waals surface area contributed by atoms with E-state index in [1.807, 2.05) is 7.11 Å². The molecule has 0 aliphatic heterocycles. The van der Waals surface area contributed by atoms with Gasteiger partial charge in [0.25, 0.3) is 0 Å². The van der Waals surface area contributed by atoms with E-state index in [0.29, 0.717) is 6.10 Å². The maximum atomic E-state index is 6.05. The Hall–Kier alpha value is -0.0300. The Balaban J connectivity index is 2.20. The van der Waals surface area contributed by atoms with Gasteiger partial charge in [0.1, 0.15) is 11.5 Å². The molecule has 1 heterocycles. The van der Waals surface area contributed by atoms with Gasteiger partial charge in [-0.1, -0.05) is 13.3 Å². The molecule has 0 saturated carbocycles.